The van der Waals surface area contributed by atoms with Gasteiger partial charge in [0.25, 0.3) is 5.97 Å². The van der Waals surface area contributed by atoms with E-state index >= 15 is 0 Å². The average Bonchev–Trinajstić information content (AvgIpc) is 2.52. The van der Waals surface area contributed by atoms with E-state index in [2.05, 4.69) is 0 Å². The second-order valence-corrected chi connectivity index (χ2v) is 5.99. The number of unbranched alkanes of at least 4 members (excludes halogenated alkanes) is 3. The van der Waals surface area contributed by atoms with Gasteiger partial charge in [-0.1, -0.05) is 40.0 Å². The lowest BCUT2D eigenvalue weighted by Gasteiger charge is -2.35. The minimum atomic E-state index is -1.46. The molecule has 6 nitrogen and oxygen atoms in total. The van der Waals surface area contributed by atoms with Crippen molar-refractivity contribution in [3.8, 4) is 0 Å². The summed E-state index contributed by atoms with van der Waals surface area (Å²) in [6, 6.07) is 0. The molecule has 0 spiro atoms. The van der Waals surface area contributed by atoms with E-state index in [4.69, 9.17) is 14.2 Å². The van der Waals surface area contributed by atoms with E-state index < -0.39 is 23.6 Å². The molecule has 0 fully saturated rings. The summed E-state index contributed by atoms with van der Waals surface area (Å²) in [5, 5.41) is 9.33. The Morgan fingerprint density at radius 1 is 0.875 bits per heavy atom. The quantitative estimate of drug-likeness (QED) is 0.260. The summed E-state index contributed by atoms with van der Waals surface area (Å²) in [5.74, 6) is -4.27. The lowest BCUT2D eigenvalue weighted by molar-refractivity contribution is -0.386. The largest absolute Gasteiger partial charge is 0.481 e. The monoisotopic (exact) mass is 346 g/mol. The highest BCUT2D eigenvalue weighted by atomic mass is 16.9. The smallest absolute Gasteiger partial charge is 0.314 e. The van der Waals surface area contributed by atoms with Crippen molar-refractivity contribution in [2.45, 2.75) is 78.6 Å². The number of carboxylic acid groups (broad SMARTS) is 1. The highest BCUT2D eigenvalue weighted by Crippen LogP contribution is 2.27. The van der Waals surface area contributed by atoms with Crippen LogP contribution >= 0.6 is 0 Å². The third-order valence-electron chi connectivity index (χ3n) is 3.70. The van der Waals surface area contributed by atoms with Gasteiger partial charge in [0.2, 0.25) is 0 Å². The summed E-state index contributed by atoms with van der Waals surface area (Å²) >= 11 is 0. The fourth-order valence-corrected chi connectivity index (χ4v) is 2.07. The number of carbonyl (C=O) groups is 2. The average molecular weight is 346 g/mol. The topological polar surface area (TPSA) is 82.1 Å². The van der Waals surface area contributed by atoms with Crippen LogP contribution in [0.25, 0.3) is 0 Å². The van der Waals surface area contributed by atoms with Crippen molar-refractivity contribution in [3.05, 3.63) is 0 Å². The molecular weight excluding hydrogens is 312 g/mol. The third kappa shape index (κ3) is 9.35. The molecule has 0 saturated carbocycles. The van der Waals surface area contributed by atoms with Crippen molar-refractivity contribution in [1.82, 2.24) is 0 Å². The molecule has 0 aliphatic heterocycles. The van der Waals surface area contributed by atoms with Gasteiger partial charge in [-0.3, -0.25) is 9.59 Å². The second-order valence-electron chi connectivity index (χ2n) is 5.99. The molecule has 0 radical (unpaired) electrons. The van der Waals surface area contributed by atoms with Crippen molar-refractivity contribution >= 4 is 11.8 Å². The lowest BCUT2D eigenvalue weighted by Crippen LogP contribution is -2.44. The van der Waals surface area contributed by atoms with Crippen LogP contribution < -0.4 is 0 Å². The normalized spacial score (nSPS) is 13.0. The number of Topliss-reactive ketones (excluding diaryl/α,β-unsaturated/α-hetero) is 1. The molecule has 1 unspecified atom stereocenters. The van der Waals surface area contributed by atoms with Gasteiger partial charge in [0, 0.05) is 6.42 Å². The van der Waals surface area contributed by atoms with Crippen LogP contribution in [0.3, 0.4) is 0 Å². The van der Waals surface area contributed by atoms with Gasteiger partial charge < -0.3 is 19.3 Å². The van der Waals surface area contributed by atoms with Crippen LogP contribution in [0.4, 0.5) is 0 Å². The fraction of sp³-hybridized carbons (Fsp3) is 0.889. The number of carboxylic acids is 1. The van der Waals surface area contributed by atoms with Gasteiger partial charge in [-0.25, -0.2) is 0 Å². The Morgan fingerprint density at radius 2 is 1.25 bits per heavy atom. The molecule has 0 saturated heterocycles. The maximum atomic E-state index is 11.7. The minimum Gasteiger partial charge on any atom is -0.481 e. The van der Waals surface area contributed by atoms with E-state index in [1.165, 1.54) is 6.92 Å². The molecule has 6 heteroatoms. The third-order valence-corrected chi connectivity index (χ3v) is 3.70. The highest BCUT2D eigenvalue weighted by Gasteiger charge is 2.41. The molecule has 1 atom stereocenters. The maximum absolute atomic E-state index is 11.7. The first-order valence-corrected chi connectivity index (χ1v) is 9.07. The predicted molar refractivity (Wildman–Crippen MR) is 91.7 cm³/mol. The van der Waals surface area contributed by atoms with Crippen molar-refractivity contribution in [1.29, 1.82) is 0 Å². The van der Waals surface area contributed by atoms with E-state index in [0.29, 0.717) is 19.8 Å². The van der Waals surface area contributed by atoms with E-state index in [1.54, 1.807) is 0 Å². The molecule has 0 aliphatic rings. The van der Waals surface area contributed by atoms with Crippen molar-refractivity contribution in [2.75, 3.05) is 19.8 Å². The van der Waals surface area contributed by atoms with Crippen LogP contribution in [0.5, 0.6) is 0 Å². The molecule has 0 aromatic carbocycles. The number of hydrogen-bond acceptors (Lipinski definition) is 5. The molecule has 0 aromatic heterocycles. The number of ether oxygens (including phenoxy) is 3. The number of aliphatic carboxylic acids is 1. The van der Waals surface area contributed by atoms with Crippen LogP contribution in [-0.4, -0.2) is 42.7 Å². The molecule has 0 aliphatic carbocycles. The van der Waals surface area contributed by atoms with Gasteiger partial charge in [-0.05, 0) is 26.2 Å². The number of rotatable bonds is 16. The summed E-state index contributed by atoms with van der Waals surface area (Å²) in [7, 11) is 0. The SMILES string of the molecule is CCCCOC(CC(C(C)=O)C(=O)O)(OCCCC)OCCCC. The molecule has 142 valence electrons. The molecular formula is C18H34O6. The van der Waals surface area contributed by atoms with Crippen molar-refractivity contribution in [2.24, 2.45) is 5.92 Å². The lowest BCUT2D eigenvalue weighted by atomic mass is 10.00. The van der Waals surface area contributed by atoms with E-state index in [9.17, 15) is 14.7 Å². The van der Waals surface area contributed by atoms with Gasteiger partial charge in [0.15, 0.2) is 0 Å². The maximum Gasteiger partial charge on any atom is 0.314 e. The van der Waals surface area contributed by atoms with Crippen LogP contribution in [-0.2, 0) is 23.8 Å². The first-order chi connectivity index (χ1) is 11.4. The van der Waals surface area contributed by atoms with E-state index in [-0.39, 0.29) is 6.42 Å². The van der Waals surface area contributed by atoms with Crippen molar-refractivity contribution < 1.29 is 28.9 Å². The van der Waals surface area contributed by atoms with Crippen LogP contribution in [0, 0.1) is 5.92 Å². The standard InChI is InChI=1S/C18H34O6/c1-5-8-11-22-18(23-12-9-6-2,24-13-10-7-3)14-16(15(4)19)17(20)21/h16H,5-14H2,1-4H3,(H,20,21). The molecule has 24 heavy (non-hydrogen) atoms. The van der Waals surface area contributed by atoms with Gasteiger partial charge in [0.05, 0.1) is 19.8 Å². The van der Waals surface area contributed by atoms with Gasteiger partial charge >= 0.3 is 5.97 Å². The summed E-state index contributed by atoms with van der Waals surface area (Å²) in [4.78, 5) is 23.1. The Kier molecular flexibility index (Phi) is 12.8. The first kappa shape index (κ1) is 23.0. The fourth-order valence-electron chi connectivity index (χ4n) is 2.07. The molecule has 0 aromatic rings. The van der Waals surface area contributed by atoms with Gasteiger partial charge in [-0.15, -0.1) is 0 Å². The summed E-state index contributed by atoms with van der Waals surface area (Å²) in [5.41, 5.74) is 0. The van der Waals surface area contributed by atoms with Crippen molar-refractivity contribution in [3.63, 3.8) is 0 Å². The Morgan fingerprint density at radius 3 is 1.50 bits per heavy atom. The van der Waals surface area contributed by atoms with Crippen LogP contribution in [0.15, 0.2) is 0 Å². The highest BCUT2D eigenvalue weighted by molar-refractivity contribution is 5.96. The van der Waals surface area contributed by atoms with Gasteiger partial charge in [0.1, 0.15) is 11.7 Å². The molecule has 0 rings (SSSR count). The van der Waals surface area contributed by atoms with Crippen LogP contribution in [0.1, 0.15) is 72.6 Å². The Balaban J connectivity index is 5.22. The summed E-state index contributed by atoms with van der Waals surface area (Å²) in [6.07, 6.45) is 5.13. The molecule has 1 N–H and O–H groups in total. The number of hydrogen-bond donors (Lipinski definition) is 1. The zero-order chi connectivity index (χ0) is 18.4. The zero-order valence-corrected chi connectivity index (χ0v) is 15.6. The zero-order valence-electron chi connectivity index (χ0n) is 15.6. The van der Waals surface area contributed by atoms with E-state index in [0.717, 1.165) is 38.5 Å². The van der Waals surface area contributed by atoms with E-state index in [1.807, 2.05) is 20.8 Å². The predicted octanol–water partition coefficient (Wildman–Crippen LogP) is 3.77. The number of ketones is 1. The Bertz CT molecular complexity index is 315. The Hall–Kier alpha value is -0.980. The first-order valence-electron chi connectivity index (χ1n) is 9.07. The molecule has 0 bridgehead atoms. The van der Waals surface area contributed by atoms with Gasteiger partial charge in [-0.2, -0.15) is 0 Å². The molecule has 0 amide bonds. The summed E-state index contributed by atoms with van der Waals surface area (Å²) < 4.78 is 17.5. The minimum absolute atomic E-state index is 0.130. The van der Waals surface area contributed by atoms with Crippen LogP contribution in [0.2, 0.25) is 0 Å². The Labute approximate surface area is 145 Å². The summed E-state index contributed by atoms with van der Waals surface area (Å²) in [6.45, 7) is 8.59. The number of carbonyl (C=O) groups excluding carboxylic acids is 1. The molecule has 0 heterocycles. The second kappa shape index (κ2) is 13.3.